The minimum absolute atomic E-state index is 0.00296. The molecule has 1 aliphatic carbocycles. The summed E-state index contributed by atoms with van der Waals surface area (Å²) in [7, 11) is -3.57. The molecule has 2 amide bonds. The Balaban J connectivity index is 1.17. The average molecular weight is 468 g/mol. The van der Waals surface area contributed by atoms with Gasteiger partial charge in [-0.25, -0.2) is 13.1 Å². The second kappa shape index (κ2) is 8.91. The average Bonchev–Trinajstić information content (AvgIpc) is 3.45. The van der Waals surface area contributed by atoms with Crippen LogP contribution in [-0.2, 0) is 32.5 Å². The molecule has 0 bridgehead atoms. The molecular formula is C25H29N3O4S. The summed E-state index contributed by atoms with van der Waals surface area (Å²) in [6, 6.07) is 14.3. The first kappa shape index (κ1) is 22.1. The minimum atomic E-state index is -3.57. The fourth-order valence-electron chi connectivity index (χ4n) is 5.21. The van der Waals surface area contributed by atoms with Gasteiger partial charge in [0.25, 0.3) is 0 Å². The Kier molecular flexibility index (Phi) is 5.97. The molecule has 2 saturated heterocycles. The van der Waals surface area contributed by atoms with Crippen LogP contribution in [0.25, 0.3) is 0 Å². The maximum atomic E-state index is 13.1. The Bertz CT molecular complexity index is 1160. The lowest BCUT2D eigenvalue weighted by atomic mass is 10.0. The van der Waals surface area contributed by atoms with Crippen molar-refractivity contribution in [3.63, 3.8) is 0 Å². The van der Waals surface area contributed by atoms with Gasteiger partial charge in [0.1, 0.15) is 0 Å². The normalized spacial score (nSPS) is 21.5. The van der Waals surface area contributed by atoms with Crippen LogP contribution < -0.4 is 9.62 Å². The van der Waals surface area contributed by atoms with Crippen molar-refractivity contribution < 1.29 is 18.0 Å². The molecule has 8 heteroatoms. The highest BCUT2D eigenvalue weighted by atomic mass is 32.2. The van der Waals surface area contributed by atoms with Crippen LogP contribution in [0.5, 0.6) is 0 Å². The number of aryl methyl sites for hydroxylation is 2. The van der Waals surface area contributed by atoms with E-state index in [1.54, 1.807) is 40.1 Å². The zero-order chi connectivity index (χ0) is 23.0. The van der Waals surface area contributed by atoms with Gasteiger partial charge in [0.15, 0.2) is 0 Å². The first-order valence-corrected chi connectivity index (χ1v) is 13.2. The van der Waals surface area contributed by atoms with E-state index >= 15 is 0 Å². The molecule has 3 aliphatic rings. The first-order chi connectivity index (χ1) is 15.9. The summed E-state index contributed by atoms with van der Waals surface area (Å²) in [4.78, 5) is 29.6. The fraction of sp³-hybridized carbons (Fsp3) is 0.440. The number of hydrogen-bond acceptors (Lipinski definition) is 4. The molecule has 0 saturated carbocycles. The van der Waals surface area contributed by atoms with E-state index in [1.165, 1.54) is 11.1 Å². The molecule has 1 atom stereocenters. The summed E-state index contributed by atoms with van der Waals surface area (Å²) in [6.07, 6.45) is 4.67. The van der Waals surface area contributed by atoms with E-state index in [2.05, 4.69) is 16.9 Å². The number of carbonyl (C=O) groups excluding carboxylic acids is 2. The van der Waals surface area contributed by atoms with Crippen molar-refractivity contribution in [2.75, 3.05) is 24.5 Å². The molecular weight excluding hydrogens is 438 g/mol. The van der Waals surface area contributed by atoms with Crippen molar-refractivity contribution in [3.8, 4) is 0 Å². The molecule has 1 N–H and O–H groups in total. The molecule has 1 unspecified atom stereocenters. The monoisotopic (exact) mass is 467 g/mol. The number of nitrogens with zero attached hydrogens (tertiary/aromatic N) is 2. The SMILES string of the molecule is O=C(C1CC(=O)N(c2ccc3c(c2)CCC3)C1)N1CCC(NS(=O)(=O)c2ccccc2)CC1. The zero-order valence-corrected chi connectivity index (χ0v) is 19.4. The highest BCUT2D eigenvalue weighted by Gasteiger charge is 2.38. The van der Waals surface area contributed by atoms with Crippen LogP contribution in [-0.4, -0.2) is 50.8 Å². The lowest BCUT2D eigenvalue weighted by Crippen LogP contribution is -2.48. The van der Waals surface area contributed by atoms with Gasteiger partial charge in [0.2, 0.25) is 21.8 Å². The van der Waals surface area contributed by atoms with E-state index in [0.29, 0.717) is 32.5 Å². The summed E-state index contributed by atoms with van der Waals surface area (Å²) in [5.41, 5.74) is 3.57. The molecule has 2 aliphatic heterocycles. The Hall–Kier alpha value is -2.71. The Labute approximate surface area is 194 Å². The summed E-state index contributed by atoms with van der Waals surface area (Å²) in [5.74, 6) is -0.350. The number of carbonyl (C=O) groups is 2. The quantitative estimate of drug-likeness (QED) is 0.732. The number of piperidine rings is 1. The van der Waals surface area contributed by atoms with Gasteiger partial charge in [-0.3, -0.25) is 9.59 Å². The van der Waals surface area contributed by atoms with Crippen LogP contribution in [0.1, 0.15) is 36.8 Å². The molecule has 0 spiro atoms. The lowest BCUT2D eigenvalue weighted by Gasteiger charge is -2.33. The molecule has 0 aromatic heterocycles. The third-order valence-electron chi connectivity index (χ3n) is 7.05. The summed E-state index contributed by atoms with van der Waals surface area (Å²) >= 11 is 0. The Morgan fingerprint density at radius 3 is 2.45 bits per heavy atom. The Morgan fingerprint density at radius 1 is 0.970 bits per heavy atom. The minimum Gasteiger partial charge on any atom is -0.342 e. The molecule has 2 aromatic rings. The lowest BCUT2D eigenvalue weighted by molar-refractivity contribution is -0.136. The van der Waals surface area contributed by atoms with Crippen molar-refractivity contribution in [1.82, 2.24) is 9.62 Å². The number of nitrogens with one attached hydrogen (secondary N) is 1. The fourth-order valence-corrected chi connectivity index (χ4v) is 6.54. The second-order valence-corrected chi connectivity index (χ2v) is 11.0. The number of amides is 2. The Morgan fingerprint density at radius 2 is 1.70 bits per heavy atom. The van der Waals surface area contributed by atoms with Crippen molar-refractivity contribution in [2.24, 2.45) is 5.92 Å². The number of hydrogen-bond donors (Lipinski definition) is 1. The summed E-state index contributed by atoms with van der Waals surface area (Å²) < 4.78 is 27.9. The number of rotatable bonds is 5. The molecule has 0 radical (unpaired) electrons. The van der Waals surface area contributed by atoms with Crippen molar-refractivity contribution >= 4 is 27.5 Å². The van der Waals surface area contributed by atoms with Gasteiger partial charge in [-0.2, -0.15) is 0 Å². The predicted molar refractivity (Wildman–Crippen MR) is 125 cm³/mol. The van der Waals surface area contributed by atoms with Crippen LogP contribution in [0, 0.1) is 5.92 Å². The van der Waals surface area contributed by atoms with Gasteiger partial charge in [-0.15, -0.1) is 0 Å². The van der Waals surface area contributed by atoms with Crippen molar-refractivity contribution in [1.29, 1.82) is 0 Å². The van der Waals surface area contributed by atoms with Gasteiger partial charge in [0.05, 0.1) is 10.8 Å². The van der Waals surface area contributed by atoms with Crippen molar-refractivity contribution in [3.05, 3.63) is 59.7 Å². The van der Waals surface area contributed by atoms with E-state index in [1.807, 2.05) is 6.07 Å². The van der Waals surface area contributed by atoms with Crippen LogP contribution in [0.2, 0.25) is 0 Å². The van der Waals surface area contributed by atoms with E-state index in [9.17, 15) is 18.0 Å². The largest absolute Gasteiger partial charge is 0.342 e. The van der Waals surface area contributed by atoms with Gasteiger partial charge >= 0.3 is 0 Å². The molecule has 2 fully saturated rings. The predicted octanol–water partition coefficient (Wildman–Crippen LogP) is 2.50. The number of fused-ring (bicyclic) bond motifs is 1. The van der Waals surface area contributed by atoms with E-state index in [4.69, 9.17) is 0 Å². The van der Waals surface area contributed by atoms with Crippen LogP contribution in [0.15, 0.2) is 53.4 Å². The van der Waals surface area contributed by atoms with Crippen LogP contribution in [0.4, 0.5) is 5.69 Å². The van der Waals surface area contributed by atoms with Gasteiger partial charge < -0.3 is 9.80 Å². The van der Waals surface area contributed by atoms with Crippen LogP contribution >= 0.6 is 0 Å². The van der Waals surface area contributed by atoms with E-state index in [-0.39, 0.29) is 35.1 Å². The van der Waals surface area contributed by atoms with Gasteiger partial charge in [-0.05, 0) is 67.5 Å². The highest BCUT2D eigenvalue weighted by Crippen LogP contribution is 2.31. The molecule has 174 valence electrons. The highest BCUT2D eigenvalue weighted by molar-refractivity contribution is 7.89. The smallest absolute Gasteiger partial charge is 0.240 e. The topological polar surface area (TPSA) is 86.8 Å². The molecule has 33 heavy (non-hydrogen) atoms. The maximum absolute atomic E-state index is 13.1. The standard InChI is InChI=1S/C25H29N3O4S/c29-24-16-20(17-28(24)22-10-9-18-5-4-6-19(18)15-22)25(30)27-13-11-21(12-14-27)26-33(31,32)23-7-2-1-3-8-23/h1-3,7-10,15,20-21,26H,4-6,11-14,16-17H2. The summed E-state index contributed by atoms with van der Waals surface area (Å²) in [6.45, 7) is 1.39. The second-order valence-electron chi connectivity index (χ2n) is 9.25. The first-order valence-electron chi connectivity index (χ1n) is 11.7. The molecule has 7 nitrogen and oxygen atoms in total. The number of likely N-dealkylation sites (tertiary alicyclic amines) is 1. The summed E-state index contributed by atoms with van der Waals surface area (Å²) in [5, 5.41) is 0. The molecule has 5 rings (SSSR count). The van der Waals surface area contributed by atoms with Gasteiger partial charge in [-0.1, -0.05) is 24.3 Å². The number of anilines is 1. The number of sulfonamides is 1. The van der Waals surface area contributed by atoms with Gasteiger partial charge in [0, 0.05) is 37.8 Å². The molecule has 2 aromatic carbocycles. The third kappa shape index (κ3) is 4.54. The van der Waals surface area contributed by atoms with Crippen LogP contribution in [0.3, 0.4) is 0 Å². The number of benzene rings is 2. The van der Waals surface area contributed by atoms with Crippen molar-refractivity contribution in [2.45, 2.75) is 49.5 Å². The zero-order valence-electron chi connectivity index (χ0n) is 18.6. The van der Waals surface area contributed by atoms with E-state index in [0.717, 1.165) is 24.9 Å². The van der Waals surface area contributed by atoms with E-state index < -0.39 is 10.0 Å². The molecule has 2 heterocycles. The maximum Gasteiger partial charge on any atom is 0.240 e. The third-order valence-corrected chi connectivity index (χ3v) is 8.59.